The van der Waals surface area contributed by atoms with Crippen LogP contribution in [0.5, 0.6) is 0 Å². The van der Waals surface area contributed by atoms with Gasteiger partial charge >= 0.3 is 0 Å². The molecule has 0 spiro atoms. The fourth-order valence-corrected chi connectivity index (χ4v) is 3.66. The molecular weight excluding hydrogens is 256 g/mol. The summed E-state index contributed by atoms with van der Waals surface area (Å²) < 4.78 is 0. The Morgan fingerprint density at radius 3 is 2.95 bits per heavy atom. The Labute approximate surface area is 119 Å². The van der Waals surface area contributed by atoms with Crippen molar-refractivity contribution in [3.05, 3.63) is 22.4 Å². The van der Waals surface area contributed by atoms with Crippen molar-refractivity contribution in [2.45, 2.75) is 45.6 Å². The Hall–Kier alpha value is -0.870. The molecule has 4 heteroatoms. The van der Waals surface area contributed by atoms with Gasteiger partial charge in [-0.2, -0.15) is 0 Å². The largest absolute Gasteiger partial charge is 0.348 e. The van der Waals surface area contributed by atoms with Crippen molar-refractivity contribution in [1.82, 2.24) is 10.6 Å². The molecule has 1 aliphatic heterocycles. The van der Waals surface area contributed by atoms with Crippen molar-refractivity contribution in [2.75, 3.05) is 13.1 Å². The molecule has 2 N–H and O–H groups in total. The molecule has 0 aliphatic carbocycles. The maximum atomic E-state index is 12.7. The molecule has 0 radical (unpaired) electrons. The molecular formula is C15H24N2OS. The molecule has 3 nitrogen and oxygen atoms in total. The van der Waals surface area contributed by atoms with Gasteiger partial charge < -0.3 is 10.6 Å². The molecule has 19 heavy (non-hydrogen) atoms. The predicted octanol–water partition coefficient (Wildman–Crippen LogP) is 3.10. The molecule has 2 atom stereocenters. The van der Waals surface area contributed by atoms with E-state index in [9.17, 15) is 4.79 Å². The SMILES string of the molecule is CCC(NC(=O)C1(CC)CCCNC1)c1cccs1. The highest BCUT2D eigenvalue weighted by molar-refractivity contribution is 7.10. The van der Waals surface area contributed by atoms with E-state index in [1.54, 1.807) is 11.3 Å². The number of carbonyl (C=O) groups is 1. The van der Waals surface area contributed by atoms with Gasteiger partial charge in [-0.1, -0.05) is 19.9 Å². The molecule has 0 aromatic carbocycles. The molecule has 2 heterocycles. The van der Waals surface area contributed by atoms with Gasteiger partial charge in [0.05, 0.1) is 11.5 Å². The van der Waals surface area contributed by atoms with E-state index in [2.05, 4.69) is 35.9 Å². The van der Waals surface area contributed by atoms with Gasteiger partial charge in [0.1, 0.15) is 0 Å². The van der Waals surface area contributed by atoms with Crippen molar-refractivity contribution in [3.63, 3.8) is 0 Å². The highest BCUT2D eigenvalue weighted by atomic mass is 32.1. The maximum absolute atomic E-state index is 12.7. The van der Waals surface area contributed by atoms with Crippen LogP contribution in [-0.4, -0.2) is 19.0 Å². The van der Waals surface area contributed by atoms with Crippen LogP contribution in [0.15, 0.2) is 17.5 Å². The molecule has 1 saturated heterocycles. The minimum atomic E-state index is -0.205. The fraction of sp³-hybridized carbons (Fsp3) is 0.667. The summed E-state index contributed by atoms with van der Waals surface area (Å²) in [4.78, 5) is 13.9. The van der Waals surface area contributed by atoms with Crippen LogP contribution in [0, 0.1) is 5.41 Å². The molecule has 1 fully saturated rings. The standard InChI is InChI=1S/C15H24N2OS/c1-3-12(13-7-5-10-19-13)17-14(18)15(4-2)8-6-9-16-11-15/h5,7,10,12,16H,3-4,6,8-9,11H2,1-2H3,(H,17,18). The molecule has 1 aliphatic rings. The van der Waals surface area contributed by atoms with Crippen LogP contribution in [0.2, 0.25) is 0 Å². The van der Waals surface area contributed by atoms with E-state index in [1.807, 2.05) is 6.07 Å². The topological polar surface area (TPSA) is 41.1 Å². The third-order valence-electron chi connectivity index (χ3n) is 4.23. The lowest BCUT2D eigenvalue weighted by atomic mass is 9.77. The van der Waals surface area contributed by atoms with E-state index in [0.717, 1.165) is 38.8 Å². The quantitative estimate of drug-likeness (QED) is 0.870. The first kappa shape index (κ1) is 14.5. The van der Waals surface area contributed by atoms with Crippen LogP contribution >= 0.6 is 11.3 Å². The summed E-state index contributed by atoms with van der Waals surface area (Å²) >= 11 is 1.72. The lowest BCUT2D eigenvalue weighted by molar-refractivity contribution is -0.133. The Kier molecular flexibility index (Phi) is 4.99. The molecule has 0 bridgehead atoms. The lowest BCUT2D eigenvalue weighted by Crippen LogP contribution is -2.50. The molecule has 1 amide bonds. The zero-order chi connectivity index (χ0) is 13.7. The third-order valence-corrected chi connectivity index (χ3v) is 5.22. The van der Waals surface area contributed by atoms with Crippen molar-refractivity contribution in [2.24, 2.45) is 5.41 Å². The van der Waals surface area contributed by atoms with Gasteiger partial charge in [-0.25, -0.2) is 0 Å². The van der Waals surface area contributed by atoms with E-state index in [1.165, 1.54) is 4.88 Å². The Morgan fingerprint density at radius 1 is 1.58 bits per heavy atom. The fourth-order valence-electron chi connectivity index (χ4n) is 2.80. The highest BCUT2D eigenvalue weighted by Crippen LogP contribution is 2.32. The monoisotopic (exact) mass is 280 g/mol. The van der Waals surface area contributed by atoms with Crippen molar-refractivity contribution in [3.8, 4) is 0 Å². The normalized spacial score (nSPS) is 24.9. The third kappa shape index (κ3) is 3.18. The number of hydrogen-bond acceptors (Lipinski definition) is 3. The Bertz CT molecular complexity index is 396. The summed E-state index contributed by atoms with van der Waals surface area (Å²) in [6.07, 6.45) is 3.95. The summed E-state index contributed by atoms with van der Waals surface area (Å²) in [5, 5.41) is 8.71. The van der Waals surface area contributed by atoms with Gasteiger partial charge in [-0.05, 0) is 43.7 Å². The van der Waals surface area contributed by atoms with E-state index >= 15 is 0 Å². The average Bonchev–Trinajstić information content (AvgIpc) is 2.99. The molecule has 106 valence electrons. The number of rotatable bonds is 5. The first-order chi connectivity index (χ1) is 9.22. The molecule has 1 aromatic heterocycles. The van der Waals surface area contributed by atoms with Crippen molar-refractivity contribution < 1.29 is 4.79 Å². The minimum Gasteiger partial charge on any atom is -0.348 e. The number of hydrogen-bond donors (Lipinski definition) is 2. The predicted molar refractivity (Wildman–Crippen MR) is 80.3 cm³/mol. The van der Waals surface area contributed by atoms with Crippen molar-refractivity contribution in [1.29, 1.82) is 0 Å². The van der Waals surface area contributed by atoms with Crippen LogP contribution in [0.4, 0.5) is 0 Å². The number of thiophene rings is 1. The Balaban J connectivity index is 2.06. The number of carbonyl (C=O) groups excluding carboxylic acids is 1. The van der Waals surface area contributed by atoms with Crippen LogP contribution in [0.3, 0.4) is 0 Å². The van der Waals surface area contributed by atoms with Crippen LogP contribution in [0.1, 0.15) is 50.4 Å². The van der Waals surface area contributed by atoms with Crippen molar-refractivity contribution >= 4 is 17.2 Å². The van der Waals surface area contributed by atoms with Gasteiger partial charge in [0.15, 0.2) is 0 Å². The van der Waals surface area contributed by atoms with E-state index in [4.69, 9.17) is 0 Å². The summed E-state index contributed by atoms with van der Waals surface area (Å²) in [6, 6.07) is 4.32. The van der Waals surface area contributed by atoms with Crippen LogP contribution in [-0.2, 0) is 4.79 Å². The second-order valence-electron chi connectivity index (χ2n) is 5.36. The second-order valence-corrected chi connectivity index (χ2v) is 6.34. The highest BCUT2D eigenvalue weighted by Gasteiger charge is 2.38. The van der Waals surface area contributed by atoms with E-state index in [0.29, 0.717) is 0 Å². The first-order valence-electron chi connectivity index (χ1n) is 7.27. The molecule has 2 unspecified atom stereocenters. The van der Waals surface area contributed by atoms with Crippen LogP contribution < -0.4 is 10.6 Å². The minimum absolute atomic E-state index is 0.165. The Morgan fingerprint density at radius 2 is 2.42 bits per heavy atom. The number of nitrogens with one attached hydrogen (secondary N) is 2. The summed E-state index contributed by atoms with van der Waals surface area (Å²) in [6.45, 7) is 6.11. The van der Waals surface area contributed by atoms with Gasteiger partial charge in [-0.15, -0.1) is 11.3 Å². The van der Waals surface area contributed by atoms with E-state index in [-0.39, 0.29) is 17.4 Å². The zero-order valence-corrected chi connectivity index (χ0v) is 12.7. The maximum Gasteiger partial charge on any atom is 0.228 e. The van der Waals surface area contributed by atoms with Gasteiger partial charge in [0, 0.05) is 11.4 Å². The number of piperidine rings is 1. The smallest absolute Gasteiger partial charge is 0.228 e. The van der Waals surface area contributed by atoms with Gasteiger partial charge in [0.25, 0.3) is 0 Å². The summed E-state index contributed by atoms with van der Waals surface area (Å²) in [5.74, 6) is 0.224. The van der Waals surface area contributed by atoms with Gasteiger partial charge in [0.2, 0.25) is 5.91 Å². The molecule has 0 saturated carbocycles. The average molecular weight is 280 g/mol. The second kappa shape index (κ2) is 6.53. The molecule has 1 aromatic rings. The number of amides is 1. The molecule has 2 rings (SSSR count). The lowest BCUT2D eigenvalue weighted by Gasteiger charge is -2.36. The summed E-state index contributed by atoms with van der Waals surface area (Å²) in [7, 11) is 0. The summed E-state index contributed by atoms with van der Waals surface area (Å²) in [5.41, 5.74) is -0.205. The zero-order valence-electron chi connectivity index (χ0n) is 11.9. The van der Waals surface area contributed by atoms with Gasteiger partial charge in [-0.3, -0.25) is 4.79 Å². The van der Waals surface area contributed by atoms with E-state index < -0.39 is 0 Å². The van der Waals surface area contributed by atoms with Crippen LogP contribution in [0.25, 0.3) is 0 Å². The first-order valence-corrected chi connectivity index (χ1v) is 8.15.